The minimum Gasteiger partial charge on any atom is -0.481 e. The van der Waals surface area contributed by atoms with Gasteiger partial charge in [0.25, 0.3) is 5.91 Å². The number of aromatic nitrogens is 2. The predicted octanol–water partition coefficient (Wildman–Crippen LogP) is 0.539. The average Bonchev–Trinajstić information content (AvgIpc) is 2.71. The molecule has 2 N–H and O–H groups in total. The Morgan fingerprint density at radius 2 is 2.24 bits per heavy atom. The number of rotatable bonds is 4. The smallest absolute Gasteiger partial charge is 0.305 e. The van der Waals surface area contributed by atoms with Gasteiger partial charge in [-0.05, 0) is 12.1 Å². The molecule has 0 atom stereocenters. The van der Waals surface area contributed by atoms with Gasteiger partial charge in [0, 0.05) is 18.9 Å². The van der Waals surface area contributed by atoms with Crippen LogP contribution < -0.4 is 5.32 Å². The molecule has 0 saturated heterocycles. The molecule has 0 unspecified atom stereocenters. The van der Waals surface area contributed by atoms with Gasteiger partial charge >= 0.3 is 5.97 Å². The summed E-state index contributed by atoms with van der Waals surface area (Å²) in [5, 5.41) is 10.9. The number of aliphatic carboxylic acids is 1. The van der Waals surface area contributed by atoms with Gasteiger partial charge in [0.1, 0.15) is 11.3 Å². The maximum atomic E-state index is 11.6. The van der Waals surface area contributed by atoms with Crippen molar-refractivity contribution in [2.75, 3.05) is 6.54 Å². The number of pyridine rings is 1. The molecule has 0 bridgehead atoms. The average molecular weight is 233 g/mol. The third-order valence-electron chi connectivity index (χ3n) is 2.22. The Labute approximate surface area is 96.9 Å². The lowest BCUT2D eigenvalue weighted by molar-refractivity contribution is -0.136. The minimum absolute atomic E-state index is 0.0981. The van der Waals surface area contributed by atoms with Crippen molar-refractivity contribution in [2.24, 2.45) is 0 Å². The normalized spacial score (nSPS) is 10.4. The van der Waals surface area contributed by atoms with Gasteiger partial charge in [0.2, 0.25) is 0 Å². The molecule has 2 rings (SSSR count). The maximum Gasteiger partial charge on any atom is 0.305 e. The highest BCUT2D eigenvalue weighted by atomic mass is 16.4. The quantitative estimate of drug-likeness (QED) is 0.807. The zero-order valence-corrected chi connectivity index (χ0v) is 8.96. The highest BCUT2D eigenvalue weighted by Crippen LogP contribution is 2.04. The molecule has 6 nitrogen and oxygen atoms in total. The van der Waals surface area contributed by atoms with Crippen LogP contribution in [0, 0.1) is 0 Å². The molecular weight excluding hydrogens is 222 g/mol. The fraction of sp³-hybridized carbons (Fsp3) is 0.182. The van der Waals surface area contributed by atoms with Crippen LogP contribution in [0.15, 0.2) is 30.6 Å². The van der Waals surface area contributed by atoms with E-state index in [1.165, 1.54) is 0 Å². The monoisotopic (exact) mass is 233 g/mol. The van der Waals surface area contributed by atoms with Crippen molar-refractivity contribution >= 4 is 17.5 Å². The lowest BCUT2D eigenvalue weighted by Gasteiger charge is -1.99. The lowest BCUT2D eigenvalue weighted by Crippen LogP contribution is -2.26. The molecule has 2 aromatic heterocycles. The second-order valence-electron chi connectivity index (χ2n) is 3.49. The zero-order valence-electron chi connectivity index (χ0n) is 8.96. The number of carbonyl (C=O) groups is 2. The summed E-state index contributed by atoms with van der Waals surface area (Å²) in [7, 11) is 0. The highest BCUT2D eigenvalue weighted by Gasteiger charge is 2.10. The van der Waals surface area contributed by atoms with E-state index in [2.05, 4.69) is 10.3 Å². The summed E-state index contributed by atoms with van der Waals surface area (Å²) in [5.74, 6) is -1.31. The van der Waals surface area contributed by atoms with Gasteiger partial charge in [-0.2, -0.15) is 0 Å². The Bertz CT molecular complexity index is 529. The number of carboxylic acid groups (broad SMARTS) is 1. The molecule has 2 aromatic rings. The van der Waals surface area contributed by atoms with Gasteiger partial charge in [-0.25, -0.2) is 4.98 Å². The number of imidazole rings is 1. The fourth-order valence-electron chi connectivity index (χ4n) is 1.42. The van der Waals surface area contributed by atoms with E-state index in [0.717, 1.165) is 0 Å². The number of hydrogen-bond acceptors (Lipinski definition) is 3. The molecule has 0 aliphatic rings. The standard InChI is InChI=1S/C11H11N3O3/c15-10(16)4-5-12-11(17)8-7-14-6-2-1-3-9(14)13-8/h1-3,6-7H,4-5H2,(H,12,17)(H,15,16). The molecule has 0 aliphatic heterocycles. The predicted molar refractivity (Wildman–Crippen MR) is 59.8 cm³/mol. The fourth-order valence-corrected chi connectivity index (χ4v) is 1.42. The molecule has 0 radical (unpaired) electrons. The molecule has 1 amide bonds. The van der Waals surface area contributed by atoms with Gasteiger partial charge in [-0.15, -0.1) is 0 Å². The lowest BCUT2D eigenvalue weighted by atomic mass is 10.4. The minimum atomic E-state index is -0.944. The summed E-state index contributed by atoms with van der Waals surface area (Å²) >= 11 is 0. The second-order valence-corrected chi connectivity index (χ2v) is 3.49. The van der Waals surface area contributed by atoms with Gasteiger partial charge < -0.3 is 14.8 Å². The van der Waals surface area contributed by atoms with Gasteiger partial charge in [0.15, 0.2) is 0 Å². The number of carbonyl (C=O) groups excluding carboxylic acids is 1. The number of fused-ring (bicyclic) bond motifs is 1. The summed E-state index contributed by atoms with van der Waals surface area (Å²) in [6.07, 6.45) is 3.29. The summed E-state index contributed by atoms with van der Waals surface area (Å²) in [6.45, 7) is 0.0992. The molecule has 0 saturated carbocycles. The zero-order chi connectivity index (χ0) is 12.3. The third-order valence-corrected chi connectivity index (χ3v) is 2.22. The van der Waals surface area contributed by atoms with E-state index >= 15 is 0 Å². The highest BCUT2D eigenvalue weighted by molar-refractivity contribution is 5.93. The molecule has 6 heteroatoms. The van der Waals surface area contributed by atoms with E-state index in [0.29, 0.717) is 5.65 Å². The van der Waals surface area contributed by atoms with Crippen LogP contribution in [-0.4, -0.2) is 32.9 Å². The Morgan fingerprint density at radius 3 is 2.94 bits per heavy atom. The van der Waals surface area contributed by atoms with E-state index in [1.54, 1.807) is 22.9 Å². The largest absolute Gasteiger partial charge is 0.481 e. The molecule has 88 valence electrons. The summed E-state index contributed by atoms with van der Waals surface area (Å²) in [6, 6.07) is 5.45. The summed E-state index contributed by atoms with van der Waals surface area (Å²) < 4.78 is 1.73. The molecule has 0 aromatic carbocycles. The van der Waals surface area contributed by atoms with Crippen LogP contribution in [0.2, 0.25) is 0 Å². The van der Waals surface area contributed by atoms with Crippen LogP contribution in [0.1, 0.15) is 16.9 Å². The Balaban J connectivity index is 2.06. The van der Waals surface area contributed by atoms with Crippen molar-refractivity contribution in [1.82, 2.24) is 14.7 Å². The van der Waals surface area contributed by atoms with Crippen LogP contribution in [0.5, 0.6) is 0 Å². The molecule has 0 fully saturated rings. The molecule has 2 heterocycles. The van der Waals surface area contributed by atoms with Crippen molar-refractivity contribution in [3.8, 4) is 0 Å². The Kier molecular flexibility index (Phi) is 3.04. The first kappa shape index (κ1) is 11.1. The first-order valence-corrected chi connectivity index (χ1v) is 5.10. The van der Waals surface area contributed by atoms with Crippen molar-refractivity contribution in [3.63, 3.8) is 0 Å². The second kappa shape index (κ2) is 4.65. The van der Waals surface area contributed by atoms with Crippen LogP contribution in [0.3, 0.4) is 0 Å². The first-order chi connectivity index (χ1) is 8.16. The van der Waals surface area contributed by atoms with Crippen molar-refractivity contribution in [3.05, 3.63) is 36.3 Å². The molecule has 17 heavy (non-hydrogen) atoms. The molecule has 0 aliphatic carbocycles. The van der Waals surface area contributed by atoms with Gasteiger partial charge in [-0.1, -0.05) is 6.07 Å². The summed E-state index contributed by atoms with van der Waals surface area (Å²) in [5.41, 5.74) is 0.956. The van der Waals surface area contributed by atoms with Crippen LogP contribution in [0.4, 0.5) is 0 Å². The van der Waals surface area contributed by atoms with Gasteiger partial charge in [-0.3, -0.25) is 9.59 Å². The van der Waals surface area contributed by atoms with E-state index in [1.807, 2.05) is 12.1 Å². The van der Waals surface area contributed by atoms with Crippen molar-refractivity contribution < 1.29 is 14.7 Å². The Hall–Kier alpha value is -2.37. The number of carboxylic acids is 1. The van der Waals surface area contributed by atoms with Crippen LogP contribution in [-0.2, 0) is 4.79 Å². The molecular formula is C11H11N3O3. The Morgan fingerprint density at radius 1 is 1.41 bits per heavy atom. The van der Waals surface area contributed by atoms with Crippen molar-refractivity contribution in [2.45, 2.75) is 6.42 Å². The van der Waals surface area contributed by atoms with E-state index in [-0.39, 0.29) is 24.6 Å². The SMILES string of the molecule is O=C(O)CCNC(=O)c1cn2ccccc2n1. The topological polar surface area (TPSA) is 83.7 Å². The van der Waals surface area contributed by atoms with E-state index in [4.69, 9.17) is 5.11 Å². The van der Waals surface area contributed by atoms with Gasteiger partial charge in [0.05, 0.1) is 6.42 Å². The van der Waals surface area contributed by atoms with Crippen LogP contribution >= 0.6 is 0 Å². The number of nitrogens with one attached hydrogen (secondary N) is 1. The van der Waals surface area contributed by atoms with E-state index in [9.17, 15) is 9.59 Å². The number of nitrogens with zero attached hydrogens (tertiary/aromatic N) is 2. The van der Waals surface area contributed by atoms with E-state index < -0.39 is 5.97 Å². The molecule has 0 spiro atoms. The summed E-state index contributed by atoms with van der Waals surface area (Å²) in [4.78, 5) is 26.0. The maximum absolute atomic E-state index is 11.6. The third kappa shape index (κ3) is 2.60. The van der Waals surface area contributed by atoms with Crippen molar-refractivity contribution in [1.29, 1.82) is 0 Å². The first-order valence-electron chi connectivity index (χ1n) is 5.10. The van der Waals surface area contributed by atoms with Crippen LogP contribution in [0.25, 0.3) is 5.65 Å². The number of hydrogen-bond donors (Lipinski definition) is 2. The number of amides is 1.